The zero-order chi connectivity index (χ0) is 13.9. The lowest BCUT2D eigenvalue weighted by Crippen LogP contribution is -2.23. The molecule has 0 saturated carbocycles. The van der Waals surface area contributed by atoms with Gasteiger partial charge in [-0.2, -0.15) is 0 Å². The Bertz CT molecular complexity index is 586. The third kappa shape index (κ3) is 2.86. The minimum absolute atomic E-state index is 0.487. The van der Waals surface area contributed by atoms with E-state index in [0.717, 1.165) is 23.2 Å². The second-order valence-electron chi connectivity index (χ2n) is 5.25. The predicted molar refractivity (Wildman–Crippen MR) is 85.2 cm³/mol. The summed E-state index contributed by atoms with van der Waals surface area (Å²) in [6.45, 7) is 2.04. The molecule has 0 spiro atoms. The summed E-state index contributed by atoms with van der Waals surface area (Å²) in [6.07, 6.45) is 6.20. The standard InChI is InChI=1S/C16H18BrN3/c17-14-4-3-13(15(18)10-14)11-20-9-1-2-16(20)12-5-7-19-8-6-12/h3-8,10,16H,1-2,9,11,18H2. The molecule has 104 valence electrons. The third-order valence-corrected chi connectivity index (χ3v) is 4.43. The van der Waals surface area contributed by atoms with E-state index in [1.54, 1.807) is 0 Å². The Morgan fingerprint density at radius 2 is 2.05 bits per heavy atom. The molecule has 2 aromatic rings. The molecule has 1 aliphatic heterocycles. The van der Waals surface area contributed by atoms with Gasteiger partial charge in [0.05, 0.1) is 0 Å². The molecule has 0 radical (unpaired) electrons. The van der Waals surface area contributed by atoms with E-state index in [2.05, 4.69) is 50.1 Å². The molecule has 0 amide bonds. The van der Waals surface area contributed by atoms with Gasteiger partial charge >= 0.3 is 0 Å². The fourth-order valence-electron chi connectivity index (χ4n) is 2.91. The summed E-state index contributed by atoms with van der Waals surface area (Å²) in [5.74, 6) is 0. The Morgan fingerprint density at radius 1 is 1.25 bits per heavy atom. The Kier molecular flexibility index (Phi) is 4.03. The average molecular weight is 332 g/mol. The molecule has 1 aromatic carbocycles. The van der Waals surface area contributed by atoms with E-state index in [0.29, 0.717) is 6.04 Å². The highest BCUT2D eigenvalue weighted by molar-refractivity contribution is 9.10. The highest BCUT2D eigenvalue weighted by atomic mass is 79.9. The van der Waals surface area contributed by atoms with Crippen LogP contribution in [0.4, 0.5) is 5.69 Å². The Morgan fingerprint density at radius 3 is 2.80 bits per heavy atom. The minimum Gasteiger partial charge on any atom is -0.398 e. The monoisotopic (exact) mass is 331 g/mol. The van der Waals surface area contributed by atoms with Crippen LogP contribution in [0.2, 0.25) is 0 Å². The zero-order valence-corrected chi connectivity index (χ0v) is 12.9. The van der Waals surface area contributed by atoms with E-state index in [-0.39, 0.29) is 0 Å². The van der Waals surface area contributed by atoms with Gasteiger partial charge in [0, 0.05) is 35.1 Å². The van der Waals surface area contributed by atoms with Crippen molar-refractivity contribution < 1.29 is 0 Å². The van der Waals surface area contributed by atoms with E-state index in [1.807, 2.05) is 18.5 Å². The van der Waals surface area contributed by atoms with Crippen LogP contribution < -0.4 is 5.73 Å². The van der Waals surface area contributed by atoms with Gasteiger partial charge in [-0.05, 0) is 54.8 Å². The van der Waals surface area contributed by atoms with Crippen LogP contribution in [0.3, 0.4) is 0 Å². The fraction of sp³-hybridized carbons (Fsp3) is 0.312. The van der Waals surface area contributed by atoms with E-state index in [4.69, 9.17) is 5.73 Å². The van der Waals surface area contributed by atoms with Crippen molar-refractivity contribution in [1.29, 1.82) is 0 Å². The third-order valence-electron chi connectivity index (χ3n) is 3.94. The van der Waals surface area contributed by atoms with Gasteiger partial charge in [-0.3, -0.25) is 9.88 Å². The van der Waals surface area contributed by atoms with Crippen molar-refractivity contribution in [3.63, 3.8) is 0 Å². The highest BCUT2D eigenvalue weighted by Gasteiger charge is 2.26. The lowest BCUT2D eigenvalue weighted by Gasteiger charge is -2.25. The van der Waals surface area contributed by atoms with Crippen molar-refractivity contribution in [2.24, 2.45) is 0 Å². The Labute approximate surface area is 127 Å². The molecular weight excluding hydrogens is 314 g/mol. The minimum atomic E-state index is 0.487. The molecule has 20 heavy (non-hydrogen) atoms. The molecule has 1 atom stereocenters. The number of hydrogen-bond donors (Lipinski definition) is 1. The fourth-order valence-corrected chi connectivity index (χ4v) is 3.29. The largest absolute Gasteiger partial charge is 0.398 e. The second-order valence-corrected chi connectivity index (χ2v) is 6.17. The molecule has 3 nitrogen and oxygen atoms in total. The van der Waals surface area contributed by atoms with Gasteiger partial charge in [0.2, 0.25) is 0 Å². The molecule has 0 aliphatic carbocycles. The summed E-state index contributed by atoms with van der Waals surface area (Å²) in [7, 11) is 0. The molecule has 1 saturated heterocycles. The summed E-state index contributed by atoms with van der Waals surface area (Å²) >= 11 is 3.46. The number of rotatable bonds is 3. The molecule has 3 rings (SSSR count). The maximum atomic E-state index is 6.12. The van der Waals surface area contributed by atoms with Crippen molar-refractivity contribution >= 4 is 21.6 Å². The molecule has 0 bridgehead atoms. The molecular formula is C16H18BrN3. The first-order valence-electron chi connectivity index (χ1n) is 6.92. The SMILES string of the molecule is Nc1cc(Br)ccc1CN1CCCC1c1ccncc1. The van der Waals surface area contributed by atoms with Crippen LogP contribution in [-0.4, -0.2) is 16.4 Å². The van der Waals surface area contributed by atoms with Crippen LogP contribution in [0.15, 0.2) is 47.2 Å². The van der Waals surface area contributed by atoms with Crippen LogP contribution >= 0.6 is 15.9 Å². The van der Waals surface area contributed by atoms with E-state index in [9.17, 15) is 0 Å². The van der Waals surface area contributed by atoms with Gasteiger partial charge in [0.1, 0.15) is 0 Å². The van der Waals surface area contributed by atoms with Crippen molar-refractivity contribution in [2.45, 2.75) is 25.4 Å². The zero-order valence-electron chi connectivity index (χ0n) is 11.3. The smallest absolute Gasteiger partial charge is 0.0371 e. The quantitative estimate of drug-likeness (QED) is 0.870. The van der Waals surface area contributed by atoms with Gasteiger partial charge in [-0.25, -0.2) is 0 Å². The average Bonchev–Trinajstić information content (AvgIpc) is 2.91. The molecule has 1 fully saturated rings. The summed E-state index contributed by atoms with van der Waals surface area (Å²) in [6, 6.07) is 10.9. The van der Waals surface area contributed by atoms with Gasteiger partial charge in [-0.1, -0.05) is 22.0 Å². The van der Waals surface area contributed by atoms with Crippen LogP contribution in [0.1, 0.15) is 30.0 Å². The first-order valence-corrected chi connectivity index (χ1v) is 7.71. The van der Waals surface area contributed by atoms with Crippen LogP contribution in [0.25, 0.3) is 0 Å². The topological polar surface area (TPSA) is 42.1 Å². The predicted octanol–water partition coefficient (Wildman–Crippen LogP) is 3.76. The number of pyridine rings is 1. The maximum Gasteiger partial charge on any atom is 0.0371 e. The number of hydrogen-bond acceptors (Lipinski definition) is 3. The van der Waals surface area contributed by atoms with E-state index >= 15 is 0 Å². The first-order chi connectivity index (χ1) is 9.74. The molecule has 2 heterocycles. The molecule has 2 N–H and O–H groups in total. The number of benzene rings is 1. The summed E-state index contributed by atoms with van der Waals surface area (Å²) < 4.78 is 1.03. The van der Waals surface area contributed by atoms with Crippen LogP contribution in [0, 0.1) is 0 Å². The molecule has 1 aliphatic rings. The lowest BCUT2D eigenvalue weighted by atomic mass is 10.1. The number of nitrogens with zero attached hydrogens (tertiary/aromatic N) is 2. The Balaban J connectivity index is 1.79. The van der Waals surface area contributed by atoms with Crippen molar-refractivity contribution in [2.75, 3.05) is 12.3 Å². The summed E-state index contributed by atoms with van der Waals surface area (Å²) in [4.78, 5) is 6.61. The number of nitrogen functional groups attached to an aromatic ring is 1. The second kappa shape index (κ2) is 5.94. The number of nitrogens with two attached hydrogens (primary N) is 1. The maximum absolute atomic E-state index is 6.12. The lowest BCUT2D eigenvalue weighted by molar-refractivity contribution is 0.249. The molecule has 1 aromatic heterocycles. The number of anilines is 1. The Hall–Kier alpha value is -1.39. The number of halogens is 1. The molecule has 4 heteroatoms. The van der Waals surface area contributed by atoms with Crippen LogP contribution in [-0.2, 0) is 6.54 Å². The normalized spacial score (nSPS) is 19.4. The van der Waals surface area contributed by atoms with Gasteiger partial charge in [-0.15, -0.1) is 0 Å². The number of likely N-dealkylation sites (tertiary alicyclic amines) is 1. The highest BCUT2D eigenvalue weighted by Crippen LogP contribution is 2.33. The van der Waals surface area contributed by atoms with Gasteiger partial charge in [0.15, 0.2) is 0 Å². The van der Waals surface area contributed by atoms with E-state index < -0.39 is 0 Å². The van der Waals surface area contributed by atoms with Crippen molar-refractivity contribution in [3.8, 4) is 0 Å². The van der Waals surface area contributed by atoms with Gasteiger partial charge < -0.3 is 5.73 Å². The number of aromatic nitrogens is 1. The summed E-state index contributed by atoms with van der Waals surface area (Å²) in [5.41, 5.74) is 9.54. The van der Waals surface area contributed by atoms with E-state index in [1.165, 1.54) is 24.0 Å². The molecule has 1 unspecified atom stereocenters. The summed E-state index contributed by atoms with van der Waals surface area (Å²) in [5, 5.41) is 0. The van der Waals surface area contributed by atoms with Gasteiger partial charge in [0.25, 0.3) is 0 Å². The van der Waals surface area contributed by atoms with Crippen molar-refractivity contribution in [1.82, 2.24) is 9.88 Å². The van der Waals surface area contributed by atoms with Crippen LogP contribution in [0.5, 0.6) is 0 Å². The van der Waals surface area contributed by atoms with Crippen molar-refractivity contribution in [3.05, 3.63) is 58.3 Å². The first kappa shape index (κ1) is 13.6.